The van der Waals surface area contributed by atoms with E-state index < -0.39 is 11.8 Å². The highest BCUT2D eigenvalue weighted by Gasteiger charge is 2.54. The molecule has 0 atom stereocenters. The normalized spacial score (nSPS) is 24.7. The van der Waals surface area contributed by atoms with Crippen molar-refractivity contribution < 1.29 is 27.8 Å². The number of halogens is 3. The second-order valence-electron chi connectivity index (χ2n) is 5.30. The number of hydrogen-bond donors (Lipinski definition) is 1. The van der Waals surface area contributed by atoms with E-state index in [9.17, 15) is 23.1 Å². The minimum absolute atomic E-state index is 0.0755. The number of carbonyl (C=O) groups is 1. The Labute approximate surface area is 115 Å². The van der Waals surface area contributed by atoms with Gasteiger partial charge in [-0.05, 0) is 12.8 Å². The number of alkyl halides is 3. The molecule has 0 saturated carbocycles. The number of piperidine rings is 1. The third-order valence-corrected chi connectivity index (χ3v) is 3.93. The number of likely N-dealkylation sites (tertiary alicyclic amines) is 1. The van der Waals surface area contributed by atoms with Crippen molar-refractivity contribution in [3.63, 3.8) is 0 Å². The van der Waals surface area contributed by atoms with Crippen molar-refractivity contribution in [3.05, 3.63) is 0 Å². The van der Waals surface area contributed by atoms with Gasteiger partial charge in [0, 0.05) is 26.2 Å². The molecular weight excluding hydrogens is 277 g/mol. The lowest BCUT2D eigenvalue weighted by Gasteiger charge is -2.39. The summed E-state index contributed by atoms with van der Waals surface area (Å²) >= 11 is 0. The molecule has 0 aromatic carbocycles. The Morgan fingerprint density at radius 2 is 1.70 bits per heavy atom. The number of hydrogen-bond acceptors (Lipinski definition) is 4. The summed E-state index contributed by atoms with van der Waals surface area (Å²) in [7, 11) is 0. The van der Waals surface area contributed by atoms with Crippen LogP contribution in [0.4, 0.5) is 13.2 Å². The van der Waals surface area contributed by atoms with Gasteiger partial charge in [-0.1, -0.05) is 0 Å². The highest BCUT2D eigenvalue weighted by atomic mass is 19.4. The van der Waals surface area contributed by atoms with Crippen LogP contribution in [0.1, 0.15) is 12.8 Å². The summed E-state index contributed by atoms with van der Waals surface area (Å²) in [5.74, 6) is -0.0919. The molecule has 0 aliphatic carbocycles. The molecule has 116 valence electrons. The zero-order chi connectivity index (χ0) is 14.8. The van der Waals surface area contributed by atoms with E-state index in [1.807, 2.05) is 0 Å². The summed E-state index contributed by atoms with van der Waals surface area (Å²) in [6.45, 7) is 2.31. The lowest BCUT2D eigenvalue weighted by atomic mass is 9.91. The van der Waals surface area contributed by atoms with Crippen molar-refractivity contribution >= 4 is 5.91 Å². The third-order valence-electron chi connectivity index (χ3n) is 3.93. The zero-order valence-electron chi connectivity index (χ0n) is 11.2. The molecule has 0 aromatic rings. The summed E-state index contributed by atoms with van der Waals surface area (Å²) in [6.07, 6.45) is -5.37. The predicted octanol–water partition coefficient (Wildman–Crippen LogP) is 0.234. The van der Waals surface area contributed by atoms with Gasteiger partial charge >= 0.3 is 6.18 Å². The van der Waals surface area contributed by atoms with Crippen LogP contribution in [0, 0.1) is 0 Å². The number of morpholine rings is 1. The van der Waals surface area contributed by atoms with Gasteiger partial charge < -0.3 is 14.7 Å². The summed E-state index contributed by atoms with van der Waals surface area (Å²) < 4.78 is 43.1. The number of nitrogens with zero attached hydrogens (tertiary/aromatic N) is 2. The first-order valence-corrected chi connectivity index (χ1v) is 6.69. The van der Waals surface area contributed by atoms with E-state index in [2.05, 4.69) is 0 Å². The molecule has 0 bridgehead atoms. The van der Waals surface area contributed by atoms with E-state index >= 15 is 0 Å². The van der Waals surface area contributed by atoms with E-state index in [0.717, 1.165) is 0 Å². The van der Waals surface area contributed by atoms with Crippen LogP contribution in [-0.2, 0) is 9.53 Å². The maximum atomic E-state index is 12.6. The van der Waals surface area contributed by atoms with E-state index in [1.54, 1.807) is 9.80 Å². The van der Waals surface area contributed by atoms with Crippen LogP contribution in [0.5, 0.6) is 0 Å². The molecule has 0 radical (unpaired) electrons. The average Bonchev–Trinajstić information content (AvgIpc) is 2.41. The van der Waals surface area contributed by atoms with Gasteiger partial charge in [-0.3, -0.25) is 9.69 Å². The Morgan fingerprint density at radius 1 is 1.15 bits per heavy atom. The molecule has 8 heteroatoms. The van der Waals surface area contributed by atoms with Crippen molar-refractivity contribution in [2.75, 3.05) is 45.9 Å². The first-order valence-electron chi connectivity index (χ1n) is 6.69. The van der Waals surface area contributed by atoms with Gasteiger partial charge in [-0.15, -0.1) is 0 Å². The molecule has 2 aliphatic heterocycles. The SMILES string of the molecule is O=C(CN1CCC(O)(C(F)(F)F)CC1)N1CCOCC1. The van der Waals surface area contributed by atoms with Gasteiger partial charge in [0.25, 0.3) is 0 Å². The first kappa shape index (κ1) is 15.5. The number of amides is 1. The van der Waals surface area contributed by atoms with Crippen LogP contribution < -0.4 is 0 Å². The highest BCUT2D eigenvalue weighted by Crippen LogP contribution is 2.38. The predicted molar refractivity (Wildman–Crippen MR) is 64.1 cm³/mol. The van der Waals surface area contributed by atoms with Crippen LogP contribution in [-0.4, -0.2) is 78.5 Å². The number of ether oxygens (including phenoxy) is 1. The third kappa shape index (κ3) is 3.42. The quantitative estimate of drug-likeness (QED) is 0.793. The first-order chi connectivity index (χ1) is 9.32. The fraction of sp³-hybridized carbons (Fsp3) is 0.917. The van der Waals surface area contributed by atoms with Gasteiger partial charge in [-0.2, -0.15) is 13.2 Å². The molecule has 0 spiro atoms. The summed E-state index contributed by atoms with van der Waals surface area (Å²) in [5.41, 5.74) is -2.61. The highest BCUT2D eigenvalue weighted by molar-refractivity contribution is 5.78. The Balaban J connectivity index is 1.81. The van der Waals surface area contributed by atoms with E-state index in [-0.39, 0.29) is 38.4 Å². The largest absolute Gasteiger partial charge is 0.417 e. The molecular formula is C12H19F3N2O3. The van der Waals surface area contributed by atoms with E-state index in [1.165, 1.54) is 0 Å². The van der Waals surface area contributed by atoms with Gasteiger partial charge in [0.1, 0.15) is 0 Å². The Morgan fingerprint density at radius 3 is 2.20 bits per heavy atom. The lowest BCUT2D eigenvalue weighted by molar-refractivity contribution is -0.272. The molecule has 0 unspecified atom stereocenters. The topological polar surface area (TPSA) is 53.0 Å². The van der Waals surface area contributed by atoms with Crippen molar-refractivity contribution in [1.29, 1.82) is 0 Å². The van der Waals surface area contributed by atoms with Gasteiger partial charge in [0.2, 0.25) is 5.91 Å². The molecule has 2 heterocycles. The van der Waals surface area contributed by atoms with Gasteiger partial charge in [0.15, 0.2) is 5.60 Å². The molecule has 1 amide bonds. The Hall–Kier alpha value is -0.860. The molecule has 2 rings (SSSR count). The van der Waals surface area contributed by atoms with Crippen LogP contribution in [0.3, 0.4) is 0 Å². The average molecular weight is 296 g/mol. The molecule has 0 aromatic heterocycles. The fourth-order valence-electron chi connectivity index (χ4n) is 2.47. The number of rotatable bonds is 2. The maximum Gasteiger partial charge on any atom is 0.417 e. The Bertz CT molecular complexity index is 348. The molecule has 2 saturated heterocycles. The second kappa shape index (κ2) is 5.87. The van der Waals surface area contributed by atoms with Crippen LogP contribution >= 0.6 is 0 Å². The standard InChI is InChI=1S/C12H19F3N2O3/c13-12(14,15)11(19)1-3-16(4-2-11)9-10(18)17-5-7-20-8-6-17/h19H,1-9H2. The minimum atomic E-state index is -4.60. The molecule has 5 nitrogen and oxygen atoms in total. The smallest absolute Gasteiger partial charge is 0.380 e. The monoisotopic (exact) mass is 296 g/mol. The minimum Gasteiger partial charge on any atom is -0.380 e. The van der Waals surface area contributed by atoms with Gasteiger partial charge in [-0.25, -0.2) is 0 Å². The summed E-state index contributed by atoms with van der Waals surface area (Å²) in [6, 6.07) is 0. The zero-order valence-corrected chi connectivity index (χ0v) is 11.2. The second-order valence-corrected chi connectivity index (χ2v) is 5.30. The maximum absolute atomic E-state index is 12.6. The molecule has 2 fully saturated rings. The van der Waals surface area contributed by atoms with Crippen LogP contribution in [0.25, 0.3) is 0 Å². The molecule has 20 heavy (non-hydrogen) atoms. The van der Waals surface area contributed by atoms with E-state index in [0.29, 0.717) is 26.3 Å². The van der Waals surface area contributed by atoms with Gasteiger partial charge in [0.05, 0.1) is 19.8 Å². The van der Waals surface area contributed by atoms with Crippen molar-refractivity contribution in [2.24, 2.45) is 0 Å². The fourth-order valence-corrected chi connectivity index (χ4v) is 2.47. The summed E-state index contributed by atoms with van der Waals surface area (Å²) in [4.78, 5) is 15.3. The lowest BCUT2D eigenvalue weighted by Crippen LogP contribution is -2.55. The van der Waals surface area contributed by atoms with Crippen molar-refractivity contribution in [2.45, 2.75) is 24.6 Å². The van der Waals surface area contributed by atoms with E-state index in [4.69, 9.17) is 4.74 Å². The molecule has 2 aliphatic rings. The molecule has 1 N–H and O–H groups in total. The summed E-state index contributed by atoms with van der Waals surface area (Å²) in [5, 5.41) is 9.54. The Kier molecular flexibility index (Phi) is 4.55. The number of aliphatic hydroxyl groups is 1. The van der Waals surface area contributed by atoms with Crippen LogP contribution in [0.2, 0.25) is 0 Å². The van der Waals surface area contributed by atoms with Crippen molar-refractivity contribution in [3.8, 4) is 0 Å². The van der Waals surface area contributed by atoms with Crippen molar-refractivity contribution in [1.82, 2.24) is 9.80 Å². The number of carbonyl (C=O) groups excluding carboxylic acids is 1. The van der Waals surface area contributed by atoms with Crippen LogP contribution in [0.15, 0.2) is 0 Å².